The van der Waals surface area contributed by atoms with Gasteiger partial charge in [-0.1, -0.05) is 26.0 Å². The highest BCUT2D eigenvalue weighted by Crippen LogP contribution is 2.45. The smallest absolute Gasteiger partial charge is 0.309 e. The van der Waals surface area contributed by atoms with Gasteiger partial charge in [0, 0.05) is 12.6 Å². The zero-order valence-corrected chi connectivity index (χ0v) is 16.8. The molecule has 0 aliphatic carbocycles. The molecule has 1 N–H and O–H groups in total. The molecular weight excluding hydrogens is 326 g/mol. The van der Waals surface area contributed by atoms with Crippen molar-refractivity contribution in [2.45, 2.75) is 70.9 Å². The number of carbonyl (C=O) groups excluding carboxylic acids is 1. The molecular formula is C22H33NO3. The van der Waals surface area contributed by atoms with E-state index in [4.69, 9.17) is 4.74 Å². The number of aromatic hydroxyl groups is 1. The Bertz CT molecular complexity index is 666. The van der Waals surface area contributed by atoms with E-state index in [1.54, 1.807) is 6.07 Å². The number of hydrogen-bond acceptors (Lipinski definition) is 4. The third kappa shape index (κ3) is 3.90. The van der Waals surface area contributed by atoms with E-state index in [9.17, 15) is 9.90 Å². The molecule has 2 saturated heterocycles. The molecule has 0 bridgehead atoms. The van der Waals surface area contributed by atoms with Gasteiger partial charge in [0.15, 0.2) is 0 Å². The molecule has 3 rings (SSSR count). The van der Waals surface area contributed by atoms with Crippen molar-refractivity contribution in [1.29, 1.82) is 0 Å². The summed E-state index contributed by atoms with van der Waals surface area (Å²) in [5, 5.41) is 9.93. The van der Waals surface area contributed by atoms with Crippen LogP contribution in [0.4, 0.5) is 0 Å². The van der Waals surface area contributed by atoms with Crippen LogP contribution in [-0.4, -0.2) is 40.7 Å². The Kier molecular flexibility index (Phi) is 5.08. The topological polar surface area (TPSA) is 49.8 Å². The van der Waals surface area contributed by atoms with Gasteiger partial charge in [-0.15, -0.1) is 0 Å². The number of piperidine rings is 2. The maximum absolute atomic E-state index is 12.6. The number of nitrogens with zero attached hydrogens (tertiary/aromatic N) is 1. The molecule has 1 aromatic rings. The van der Waals surface area contributed by atoms with Crippen molar-refractivity contribution in [3.63, 3.8) is 0 Å². The lowest BCUT2D eigenvalue weighted by atomic mass is 9.64. The molecule has 1 unspecified atom stereocenters. The fraction of sp³-hybridized carbons (Fsp3) is 0.682. The highest BCUT2D eigenvalue weighted by Gasteiger charge is 2.46. The lowest BCUT2D eigenvalue weighted by Crippen LogP contribution is -2.56. The molecule has 1 aromatic carbocycles. The summed E-state index contributed by atoms with van der Waals surface area (Å²) in [5.74, 6) is 0.777. The molecule has 2 fully saturated rings. The number of rotatable bonds is 2. The fourth-order valence-corrected chi connectivity index (χ4v) is 4.66. The van der Waals surface area contributed by atoms with E-state index >= 15 is 0 Å². The average molecular weight is 360 g/mol. The molecule has 2 heterocycles. The molecule has 2 aliphatic rings. The predicted octanol–water partition coefficient (Wildman–Crippen LogP) is 4.11. The summed E-state index contributed by atoms with van der Waals surface area (Å²) in [6, 6.07) is 8.08. The zero-order chi connectivity index (χ0) is 19.1. The van der Waals surface area contributed by atoms with Gasteiger partial charge >= 0.3 is 5.97 Å². The molecule has 4 nitrogen and oxygen atoms in total. The molecule has 4 heteroatoms. The molecule has 26 heavy (non-hydrogen) atoms. The molecule has 0 radical (unpaired) electrons. The zero-order valence-electron chi connectivity index (χ0n) is 16.8. The van der Waals surface area contributed by atoms with Crippen molar-refractivity contribution in [3.8, 4) is 5.75 Å². The van der Waals surface area contributed by atoms with E-state index in [1.807, 2.05) is 32.9 Å². The second-order valence-corrected chi connectivity index (χ2v) is 9.48. The fourth-order valence-electron chi connectivity index (χ4n) is 4.66. The normalized spacial score (nSPS) is 32.7. The van der Waals surface area contributed by atoms with Crippen LogP contribution in [0.2, 0.25) is 0 Å². The summed E-state index contributed by atoms with van der Waals surface area (Å²) < 4.78 is 5.64. The Morgan fingerprint density at radius 2 is 2.08 bits per heavy atom. The van der Waals surface area contributed by atoms with Crippen LogP contribution >= 0.6 is 0 Å². The molecule has 0 aromatic heterocycles. The molecule has 2 aliphatic heterocycles. The van der Waals surface area contributed by atoms with E-state index in [0.29, 0.717) is 17.7 Å². The second-order valence-electron chi connectivity index (χ2n) is 9.48. The van der Waals surface area contributed by atoms with Gasteiger partial charge < -0.3 is 14.7 Å². The van der Waals surface area contributed by atoms with Crippen molar-refractivity contribution in [2.75, 3.05) is 13.1 Å². The first kappa shape index (κ1) is 19.2. The summed E-state index contributed by atoms with van der Waals surface area (Å²) in [6.07, 6.45) is 2.77. The maximum Gasteiger partial charge on any atom is 0.309 e. The number of hydrogen-bond donors (Lipinski definition) is 1. The van der Waals surface area contributed by atoms with Crippen LogP contribution < -0.4 is 0 Å². The van der Waals surface area contributed by atoms with E-state index in [-0.39, 0.29) is 17.3 Å². The van der Waals surface area contributed by atoms with Gasteiger partial charge in [0.2, 0.25) is 0 Å². The Morgan fingerprint density at radius 3 is 2.73 bits per heavy atom. The van der Waals surface area contributed by atoms with Gasteiger partial charge in [0.25, 0.3) is 0 Å². The van der Waals surface area contributed by atoms with E-state index in [1.165, 1.54) is 5.56 Å². The number of fused-ring (bicyclic) bond motifs is 1. The highest BCUT2D eigenvalue weighted by molar-refractivity contribution is 5.73. The largest absolute Gasteiger partial charge is 0.508 e. The third-order valence-corrected chi connectivity index (χ3v) is 6.34. The van der Waals surface area contributed by atoms with E-state index in [0.717, 1.165) is 32.4 Å². The second kappa shape index (κ2) is 6.88. The summed E-state index contributed by atoms with van der Waals surface area (Å²) in [5.41, 5.74) is 0.783. The number of benzene rings is 1. The SMILES string of the molecule is C[C@H]1CN2CCC(C(=O)OC(C)(C)C)C[C@H]2C[C@@]1(C)c1cccc(O)c1. The van der Waals surface area contributed by atoms with Crippen LogP contribution in [0.5, 0.6) is 5.75 Å². The first-order chi connectivity index (χ1) is 12.1. The molecule has 4 atom stereocenters. The van der Waals surface area contributed by atoms with Crippen LogP contribution in [0.3, 0.4) is 0 Å². The van der Waals surface area contributed by atoms with Gasteiger partial charge in [-0.05, 0) is 75.6 Å². The van der Waals surface area contributed by atoms with Gasteiger partial charge in [-0.3, -0.25) is 4.79 Å². The van der Waals surface area contributed by atoms with Gasteiger partial charge in [0.05, 0.1) is 5.92 Å². The quantitative estimate of drug-likeness (QED) is 0.807. The minimum atomic E-state index is -0.425. The Hall–Kier alpha value is -1.55. The van der Waals surface area contributed by atoms with Crippen LogP contribution in [0.1, 0.15) is 59.4 Å². The lowest BCUT2D eigenvalue weighted by molar-refractivity contribution is -0.163. The van der Waals surface area contributed by atoms with E-state index < -0.39 is 5.60 Å². The summed E-state index contributed by atoms with van der Waals surface area (Å²) in [7, 11) is 0. The third-order valence-electron chi connectivity index (χ3n) is 6.34. The van der Waals surface area contributed by atoms with Crippen LogP contribution in [0.25, 0.3) is 0 Å². The number of esters is 1. The minimum absolute atomic E-state index is 0.00249. The first-order valence-electron chi connectivity index (χ1n) is 9.85. The highest BCUT2D eigenvalue weighted by atomic mass is 16.6. The number of phenolic OH excluding ortho intramolecular Hbond substituents is 1. The number of carbonyl (C=O) groups is 1. The first-order valence-corrected chi connectivity index (χ1v) is 9.85. The van der Waals surface area contributed by atoms with Crippen molar-refractivity contribution in [3.05, 3.63) is 29.8 Å². The van der Waals surface area contributed by atoms with Crippen LogP contribution in [0, 0.1) is 11.8 Å². The van der Waals surface area contributed by atoms with Gasteiger partial charge in [-0.2, -0.15) is 0 Å². The molecule has 0 amide bonds. The summed E-state index contributed by atoms with van der Waals surface area (Å²) >= 11 is 0. The average Bonchev–Trinajstić information content (AvgIpc) is 2.54. The maximum atomic E-state index is 12.6. The van der Waals surface area contributed by atoms with Gasteiger partial charge in [0.1, 0.15) is 11.4 Å². The predicted molar refractivity (Wildman–Crippen MR) is 103 cm³/mol. The Morgan fingerprint density at radius 1 is 1.35 bits per heavy atom. The number of ether oxygens (including phenoxy) is 1. The van der Waals surface area contributed by atoms with Gasteiger partial charge in [-0.25, -0.2) is 0 Å². The Labute approximate surface area is 157 Å². The van der Waals surface area contributed by atoms with Crippen LogP contribution in [0.15, 0.2) is 24.3 Å². The molecule has 0 spiro atoms. The van der Waals surface area contributed by atoms with Crippen molar-refractivity contribution >= 4 is 5.97 Å². The van der Waals surface area contributed by atoms with Crippen molar-refractivity contribution in [1.82, 2.24) is 4.90 Å². The Balaban J connectivity index is 1.76. The van der Waals surface area contributed by atoms with Crippen molar-refractivity contribution in [2.24, 2.45) is 11.8 Å². The number of phenols is 1. The van der Waals surface area contributed by atoms with Crippen LogP contribution in [-0.2, 0) is 14.9 Å². The van der Waals surface area contributed by atoms with Crippen molar-refractivity contribution < 1.29 is 14.6 Å². The van der Waals surface area contributed by atoms with E-state index in [2.05, 4.69) is 24.8 Å². The summed E-state index contributed by atoms with van der Waals surface area (Å²) in [6.45, 7) is 12.4. The molecule has 0 saturated carbocycles. The minimum Gasteiger partial charge on any atom is -0.508 e. The molecule has 144 valence electrons. The lowest BCUT2D eigenvalue weighted by Gasteiger charge is -2.52. The monoisotopic (exact) mass is 359 g/mol. The standard InChI is InChI=1S/C22H33NO3/c1-15-14-23-10-9-16(20(25)26-21(2,3)4)11-18(23)13-22(15,5)17-7-6-8-19(24)12-17/h6-8,12,15-16,18,24H,9-11,13-14H2,1-5H3/t15-,16?,18-,22+/m0/s1. The summed E-state index contributed by atoms with van der Waals surface area (Å²) in [4.78, 5) is 15.1.